The molecule has 1 heterocycles. The zero-order chi connectivity index (χ0) is 14.5. The first-order valence-corrected chi connectivity index (χ1v) is 6.74. The van der Waals surface area contributed by atoms with E-state index in [1.54, 1.807) is 36.4 Å². The number of anilines is 1. The van der Waals surface area contributed by atoms with Crippen LogP contribution in [0.3, 0.4) is 0 Å². The highest BCUT2D eigenvalue weighted by molar-refractivity contribution is 6.31. The van der Waals surface area contributed by atoms with Crippen LogP contribution in [0.5, 0.6) is 0 Å². The third kappa shape index (κ3) is 3.78. The second kappa shape index (κ2) is 6.48. The molecule has 0 bridgehead atoms. The maximum atomic E-state index is 12.0. The lowest BCUT2D eigenvalue weighted by atomic mass is 10.1. The van der Waals surface area contributed by atoms with Gasteiger partial charge in [0.15, 0.2) is 0 Å². The Morgan fingerprint density at radius 3 is 2.90 bits per heavy atom. The maximum absolute atomic E-state index is 12.0. The summed E-state index contributed by atoms with van der Waals surface area (Å²) in [6.45, 7) is 0.445. The van der Waals surface area contributed by atoms with Gasteiger partial charge in [0, 0.05) is 37.1 Å². The molecular formula is C15H17ClN2O2. The highest BCUT2D eigenvalue weighted by atomic mass is 35.5. The monoisotopic (exact) mass is 292 g/mol. The Hall–Kier alpha value is -1.94. The van der Waals surface area contributed by atoms with Crippen LogP contribution in [0.4, 0.5) is 5.69 Å². The van der Waals surface area contributed by atoms with E-state index < -0.39 is 0 Å². The van der Waals surface area contributed by atoms with E-state index in [2.05, 4.69) is 0 Å². The summed E-state index contributed by atoms with van der Waals surface area (Å²) in [4.78, 5) is 13.7. The van der Waals surface area contributed by atoms with Crippen molar-refractivity contribution in [2.24, 2.45) is 0 Å². The number of rotatable bonds is 5. The smallest absolute Gasteiger partial charge is 0.223 e. The van der Waals surface area contributed by atoms with E-state index in [1.807, 2.05) is 12.1 Å². The average molecular weight is 293 g/mol. The topological polar surface area (TPSA) is 59.5 Å². The molecule has 0 saturated carbocycles. The van der Waals surface area contributed by atoms with Crippen molar-refractivity contribution < 1.29 is 9.21 Å². The zero-order valence-electron chi connectivity index (χ0n) is 11.3. The van der Waals surface area contributed by atoms with Gasteiger partial charge in [-0.1, -0.05) is 11.6 Å². The molecule has 2 N–H and O–H groups in total. The highest BCUT2D eigenvalue weighted by Crippen LogP contribution is 2.20. The number of nitrogens with zero attached hydrogens (tertiary/aromatic N) is 1. The first-order valence-electron chi connectivity index (χ1n) is 6.36. The predicted octanol–water partition coefficient (Wildman–Crippen LogP) is 3.11. The molecule has 0 aliphatic rings. The second-order valence-electron chi connectivity index (χ2n) is 4.68. The van der Waals surface area contributed by atoms with Gasteiger partial charge in [0.2, 0.25) is 5.91 Å². The highest BCUT2D eigenvalue weighted by Gasteiger charge is 2.12. The molecule has 0 unspecified atom stereocenters. The molecule has 4 nitrogen and oxygen atoms in total. The van der Waals surface area contributed by atoms with Gasteiger partial charge < -0.3 is 15.1 Å². The lowest BCUT2D eigenvalue weighted by Gasteiger charge is -2.18. The van der Waals surface area contributed by atoms with E-state index in [-0.39, 0.29) is 5.91 Å². The molecule has 2 rings (SSSR count). The lowest BCUT2D eigenvalue weighted by molar-refractivity contribution is -0.130. The molecule has 0 saturated heterocycles. The fourth-order valence-corrected chi connectivity index (χ4v) is 2.11. The minimum atomic E-state index is 0.0416. The molecule has 0 radical (unpaired) electrons. The van der Waals surface area contributed by atoms with Crippen molar-refractivity contribution in [2.75, 3.05) is 12.8 Å². The Morgan fingerprint density at radius 2 is 2.20 bits per heavy atom. The van der Waals surface area contributed by atoms with Crippen LogP contribution in [0, 0.1) is 0 Å². The fraction of sp³-hybridized carbons (Fsp3) is 0.267. The normalized spacial score (nSPS) is 10.5. The summed E-state index contributed by atoms with van der Waals surface area (Å²) in [5.74, 6) is 0.855. The van der Waals surface area contributed by atoms with Crippen LogP contribution in [-0.4, -0.2) is 17.9 Å². The van der Waals surface area contributed by atoms with E-state index in [0.717, 1.165) is 11.3 Å². The number of halogens is 1. The molecule has 1 aromatic heterocycles. The molecule has 2 aromatic rings. The zero-order valence-corrected chi connectivity index (χ0v) is 12.1. The molecule has 1 aromatic carbocycles. The number of nitrogens with two attached hydrogens (primary N) is 1. The molecule has 0 spiro atoms. The van der Waals surface area contributed by atoms with Crippen molar-refractivity contribution in [1.82, 2.24) is 4.90 Å². The summed E-state index contributed by atoms with van der Waals surface area (Å²) in [5.41, 5.74) is 7.22. The van der Waals surface area contributed by atoms with Crippen molar-refractivity contribution in [2.45, 2.75) is 19.4 Å². The number of nitrogen functional groups attached to an aromatic ring is 1. The number of carbonyl (C=O) groups is 1. The SMILES string of the molecule is CN(Cc1cc(N)ccc1Cl)C(=O)CCc1ccco1. The van der Waals surface area contributed by atoms with Crippen molar-refractivity contribution >= 4 is 23.2 Å². The van der Waals surface area contributed by atoms with E-state index in [1.165, 1.54) is 0 Å². The van der Waals surface area contributed by atoms with Crippen LogP contribution in [0.1, 0.15) is 17.7 Å². The van der Waals surface area contributed by atoms with Crippen molar-refractivity contribution in [3.63, 3.8) is 0 Å². The summed E-state index contributed by atoms with van der Waals surface area (Å²) >= 11 is 6.09. The minimum Gasteiger partial charge on any atom is -0.469 e. The lowest BCUT2D eigenvalue weighted by Crippen LogP contribution is -2.26. The van der Waals surface area contributed by atoms with E-state index in [4.69, 9.17) is 21.8 Å². The number of amides is 1. The van der Waals surface area contributed by atoms with Crippen LogP contribution in [0.25, 0.3) is 0 Å². The Labute approximate surface area is 123 Å². The standard InChI is InChI=1S/C15H17ClN2O2/c1-18(10-11-9-12(17)4-6-14(11)16)15(19)7-5-13-3-2-8-20-13/h2-4,6,8-9H,5,7,10,17H2,1H3. The number of hydrogen-bond donors (Lipinski definition) is 1. The fourth-order valence-electron chi connectivity index (χ4n) is 1.94. The average Bonchev–Trinajstić information content (AvgIpc) is 2.93. The largest absolute Gasteiger partial charge is 0.469 e. The summed E-state index contributed by atoms with van der Waals surface area (Å²) in [6.07, 6.45) is 2.61. The Bertz CT molecular complexity index is 582. The van der Waals surface area contributed by atoms with Gasteiger partial charge in [0.05, 0.1) is 6.26 Å². The Morgan fingerprint density at radius 1 is 1.40 bits per heavy atom. The van der Waals surface area contributed by atoms with Gasteiger partial charge in [0.25, 0.3) is 0 Å². The molecule has 0 fully saturated rings. The van der Waals surface area contributed by atoms with E-state index in [0.29, 0.717) is 30.1 Å². The second-order valence-corrected chi connectivity index (χ2v) is 5.09. The first-order chi connectivity index (χ1) is 9.56. The van der Waals surface area contributed by atoms with Gasteiger partial charge in [-0.3, -0.25) is 4.79 Å². The molecule has 106 valence electrons. The third-order valence-electron chi connectivity index (χ3n) is 3.07. The van der Waals surface area contributed by atoms with Crippen LogP contribution >= 0.6 is 11.6 Å². The van der Waals surface area contributed by atoms with Crippen molar-refractivity contribution in [3.8, 4) is 0 Å². The maximum Gasteiger partial charge on any atom is 0.223 e. The Kier molecular flexibility index (Phi) is 4.69. The van der Waals surface area contributed by atoms with Crippen LogP contribution < -0.4 is 5.73 Å². The number of carbonyl (C=O) groups excluding carboxylic acids is 1. The summed E-state index contributed by atoms with van der Waals surface area (Å²) < 4.78 is 5.21. The quantitative estimate of drug-likeness (QED) is 0.862. The Balaban J connectivity index is 1.92. The molecule has 0 atom stereocenters. The number of hydrogen-bond acceptors (Lipinski definition) is 3. The molecule has 20 heavy (non-hydrogen) atoms. The van der Waals surface area contributed by atoms with Crippen LogP contribution in [0.2, 0.25) is 5.02 Å². The van der Waals surface area contributed by atoms with Crippen LogP contribution in [0.15, 0.2) is 41.0 Å². The molecule has 0 aliphatic carbocycles. The first kappa shape index (κ1) is 14.5. The summed E-state index contributed by atoms with van der Waals surface area (Å²) in [7, 11) is 1.75. The molecular weight excluding hydrogens is 276 g/mol. The van der Waals surface area contributed by atoms with Gasteiger partial charge in [-0.2, -0.15) is 0 Å². The summed E-state index contributed by atoms with van der Waals surface area (Å²) in [5, 5.41) is 0.616. The molecule has 0 aliphatic heterocycles. The van der Waals surface area contributed by atoms with Crippen LogP contribution in [-0.2, 0) is 17.8 Å². The van der Waals surface area contributed by atoms with Crippen molar-refractivity contribution in [1.29, 1.82) is 0 Å². The molecule has 1 amide bonds. The van der Waals surface area contributed by atoms with Crippen molar-refractivity contribution in [3.05, 3.63) is 52.9 Å². The van der Waals surface area contributed by atoms with Gasteiger partial charge in [-0.15, -0.1) is 0 Å². The van der Waals surface area contributed by atoms with Gasteiger partial charge in [-0.25, -0.2) is 0 Å². The van der Waals surface area contributed by atoms with Gasteiger partial charge >= 0.3 is 0 Å². The van der Waals surface area contributed by atoms with E-state index >= 15 is 0 Å². The predicted molar refractivity (Wildman–Crippen MR) is 79.4 cm³/mol. The number of benzene rings is 1. The van der Waals surface area contributed by atoms with Gasteiger partial charge in [0.1, 0.15) is 5.76 Å². The third-order valence-corrected chi connectivity index (χ3v) is 3.44. The van der Waals surface area contributed by atoms with E-state index in [9.17, 15) is 4.79 Å². The minimum absolute atomic E-state index is 0.0416. The molecule has 5 heteroatoms. The van der Waals surface area contributed by atoms with Gasteiger partial charge in [-0.05, 0) is 35.9 Å². The number of furan rings is 1. The summed E-state index contributed by atoms with van der Waals surface area (Å²) in [6, 6.07) is 8.95. The number of aryl methyl sites for hydroxylation is 1.